The van der Waals surface area contributed by atoms with E-state index in [0.717, 1.165) is 12.8 Å². The number of nitrogens with two attached hydrogens (primary N) is 1. The summed E-state index contributed by atoms with van der Waals surface area (Å²) in [6, 6.07) is 8.43. The summed E-state index contributed by atoms with van der Waals surface area (Å²) in [5.41, 5.74) is 8.42. The Morgan fingerprint density at radius 2 is 1.81 bits per heavy atom. The molecule has 0 aliphatic heterocycles. The van der Waals surface area contributed by atoms with Crippen molar-refractivity contribution in [1.29, 1.82) is 0 Å². The van der Waals surface area contributed by atoms with E-state index in [1.165, 1.54) is 17.5 Å². The second-order valence-electron chi connectivity index (χ2n) is 5.63. The summed E-state index contributed by atoms with van der Waals surface area (Å²) >= 11 is 0. The Kier molecular flexibility index (Phi) is 2.81. The van der Waals surface area contributed by atoms with Crippen LogP contribution in [0.4, 0.5) is 0 Å². The van der Waals surface area contributed by atoms with Crippen molar-refractivity contribution in [2.75, 3.05) is 6.61 Å². The van der Waals surface area contributed by atoms with Crippen LogP contribution in [0.15, 0.2) is 24.3 Å². The molecule has 1 aliphatic rings. The molecular formula is C14H21NO. The third kappa shape index (κ3) is 1.87. The quantitative estimate of drug-likeness (QED) is 0.819. The predicted molar refractivity (Wildman–Crippen MR) is 66.3 cm³/mol. The van der Waals surface area contributed by atoms with Crippen molar-refractivity contribution in [2.45, 2.75) is 44.1 Å². The lowest BCUT2D eigenvalue weighted by atomic mass is 9.72. The first kappa shape index (κ1) is 11.6. The molecular weight excluding hydrogens is 198 g/mol. The van der Waals surface area contributed by atoms with Gasteiger partial charge in [0.2, 0.25) is 0 Å². The molecule has 0 bridgehead atoms. The second-order valence-corrected chi connectivity index (χ2v) is 5.63. The van der Waals surface area contributed by atoms with Crippen molar-refractivity contribution in [2.24, 2.45) is 5.73 Å². The Hall–Kier alpha value is -0.860. The first-order chi connectivity index (χ1) is 7.48. The average Bonchev–Trinajstić information content (AvgIpc) is 2.26. The van der Waals surface area contributed by atoms with Crippen LogP contribution in [-0.4, -0.2) is 11.7 Å². The van der Waals surface area contributed by atoms with Gasteiger partial charge >= 0.3 is 0 Å². The van der Waals surface area contributed by atoms with Crippen molar-refractivity contribution in [3.8, 4) is 0 Å². The molecule has 0 amide bonds. The Morgan fingerprint density at radius 1 is 1.25 bits per heavy atom. The molecule has 2 rings (SSSR count). The number of aliphatic hydroxyl groups excluding tert-OH is 1. The van der Waals surface area contributed by atoms with Crippen LogP contribution < -0.4 is 5.73 Å². The lowest BCUT2D eigenvalue weighted by Gasteiger charge is -2.39. The molecule has 1 saturated carbocycles. The van der Waals surface area contributed by atoms with Crippen molar-refractivity contribution in [3.05, 3.63) is 35.4 Å². The maximum absolute atomic E-state index is 9.31. The number of aliphatic hydroxyl groups is 1. The van der Waals surface area contributed by atoms with E-state index in [4.69, 9.17) is 5.73 Å². The van der Waals surface area contributed by atoms with Gasteiger partial charge in [0.15, 0.2) is 0 Å². The molecule has 0 radical (unpaired) electrons. The molecule has 1 aromatic carbocycles. The van der Waals surface area contributed by atoms with E-state index < -0.39 is 0 Å². The second kappa shape index (κ2) is 3.86. The molecule has 0 saturated heterocycles. The summed E-state index contributed by atoms with van der Waals surface area (Å²) in [6.07, 6.45) is 3.42. The largest absolute Gasteiger partial charge is 0.395 e. The van der Waals surface area contributed by atoms with Crippen LogP contribution in [0.5, 0.6) is 0 Å². The fourth-order valence-corrected chi connectivity index (χ4v) is 2.19. The molecule has 0 unspecified atom stereocenters. The fourth-order valence-electron chi connectivity index (χ4n) is 2.19. The van der Waals surface area contributed by atoms with Crippen LogP contribution in [0.25, 0.3) is 0 Å². The minimum atomic E-state index is -0.167. The van der Waals surface area contributed by atoms with E-state index in [-0.39, 0.29) is 17.6 Å². The van der Waals surface area contributed by atoms with Crippen LogP contribution in [0.2, 0.25) is 0 Å². The Bertz CT molecular complexity index is 332. The number of rotatable bonds is 3. The zero-order valence-corrected chi connectivity index (χ0v) is 10.2. The summed E-state index contributed by atoms with van der Waals surface area (Å²) in [6.45, 7) is 4.26. The number of hydrogen-bond donors (Lipinski definition) is 2. The molecule has 0 heterocycles. The molecule has 2 heteroatoms. The highest BCUT2D eigenvalue weighted by Gasteiger charge is 2.34. The highest BCUT2D eigenvalue weighted by molar-refractivity contribution is 5.33. The maximum Gasteiger partial charge on any atom is 0.0522 e. The maximum atomic E-state index is 9.31. The summed E-state index contributed by atoms with van der Waals surface area (Å²) in [5.74, 6) is 0. The Morgan fingerprint density at radius 3 is 2.19 bits per heavy atom. The van der Waals surface area contributed by atoms with Gasteiger partial charge in [-0.05, 0) is 30.4 Å². The SMILES string of the molecule is CC(C)(CO)c1ccc(C2(N)CCC2)cc1. The fraction of sp³-hybridized carbons (Fsp3) is 0.571. The van der Waals surface area contributed by atoms with Crippen LogP contribution in [0, 0.1) is 0 Å². The Labute approximate surface area is 97.5 Å². The van der Waals surface area contributed by atoms with Crippen LogP contribution in [0.1, 0.15) is 44.2 Å². The van der Waals surface area contributed by atoms with Gasteiger partial charge < -0.3 is 10.8 Å². The number of benzene rings is 1. The Balaban J connectivity index is 2.23. The minimum Gasteiger partial charge on any atom is -0.395 e. The van der Waals surface area contributed by atoms with Gasteiger partial charge in [-0.25, -0.2) is 0 Å². The molecule has 1 aromatic rings. The smallest absolute Gasteiger partial charge is 0.0522 e. The van der Waals surface area contributed by atoms with Crippen molar-refractivity contribution in [3.63, 3.8) is 0 Å². The molecule has 0 spiro atoms. The highest BCUT2D eigenvalue weighted by Crippen LogP contribution is 2.39. The monoisotopic (exact) mass is 219 g/mol. The first-order valence-corrected chi connectivity index (χ1v) is 5.99. The van der Waals surface area contributed by atoms with E-state index in [9.17, 15) is 5.11 Å². The predicted octanol–water partition coefficient (Wildman–Crippen LogP) is 2.29. The van der Waals surface area contributed by atoms with E-state index in [2.05, 4.69) is 24.3 Å². The summed E-state index contributed by atoms with van der Waals surface area (Å²) < 4.78 is 0. The van der Waals surface area contributed by atoms with Gasteiger partial charge in [0.05, 0.1) is 6.61 Å². The zero-order valence-electron chi connectivity index (χ0n) is 10.2. The lowest BCUT2D eigenvalue weighted by Crippen LogP contribution is -2.43. The number of hydrogen-bond acceptors (Lipinski definition) is 2. The van der Waals surface area contributed by atoms with Crippen LogP contribution in [0.3, 0.4) is 0 Å². The first-order valence-electron chi connectivity index (χ1n) is 5.99. The van der Waals surface area contributed by atoms with E-state index >= 15 is 0 Å². The average molecular weight is 219 g/mol. The van der Waals surface area contributed by atoms with Crippen LogP contribution in [-0.2, 0) is 11.0 Å². The highest BCUT2D eigenvalue weighted by atomic mass is 16.3. The summed E-state index contributed by atoms with van der Waals surface area (Å²) in [4.78, 5) is 0. The van der Waals surface area contributed by atoms with Crippen molar-refractivity contribution in [1.82, 2.24) is 0 Å². The lowest BCUT2D eigenvalue weighted by molar-refractivity contribution is 0.218. The molecule has 1 fully saturated rings. The van der Waals surface area contributed by atoms with E-state index in [0.29, 0.717) is 0 Å². The topological polar surface area (TPSA) is 46.2 Å². The van der Waals surface area contributed by atoms with Gasteiger partial charge in [0.25, 0.3) is 0 Å². The minimum absolute atomic E-state index is 0.0815. The van der Waals surface area contributed by atoms with Crippen molar-refractivity contribution < 1.29 is 5.11 Å². The zero-order chi connectivity index (χ0) is 11.8. The molecule has 0 atom stereocenters. The van der Waals surface area contributed by atoms with Gasteiger partial charge in [-0.3, -0.25) is 0 Å². The van der Waals surface area contributed by atoms with Crippen LogP contribution >= 0.6 is 0 Å². The third-order valence-electron chi connectivity index (χ3n) is 3.88. The third-order valence-corrected chi connectivity index (χ3v) is 3.88. The van der Waals surface area contributed by atoms with Gasteiger partial charge in [0.1, 0.15) is 0 Å². The summed E-state index contributed by atoms with van der Waals surface area (Å²) in [5, 5.41) is 9.31. The standard InChI is InChI=1S/C14H21NO/c1-13(2,10-16)11-4-6-12(7-5-11)14(15)8-3-9-14/h4-7,16H,3,8-10,15H2,1-2H3. The molecule has 16 heavy (non-hydrogen) atoms. The van der Waals surface area contributed by atoms with Gasteiger partial charge in [-0.15, -0.1) is 0 Å². The molecule has 88 valence electrons. The van der Waals surface area contributed by atoms with E-state index in [1.807, 2.05) is 13.8 Å². The molecule has 1 aliphatic carbocycles. The van der Waals surface area contributed by atoms with Gasteiger partial charge in [-0.2, -0.15) is 0 Å². The van der Waals surface area contributed by atoms with E-state index in [1.54, 1.807) is 0 Å². The van der Waals surface area contributed by atoms with Gasteiger partial charge in [-0.1, -0.05) is 38.1 Å². The molecule has 2 nitrogen and oxygen atoms in total. The summed E-state index contributed by atoms with van der Waals surface area (Å²) in [7, 11) is 0. The van der Waals surface area contributed by atoms with Crippen molar-refractivity contribution >= 4 is 0 Å². The molecule has 0 aromatic heterocycles. The van der Waals surface area contributed by atoms with Gasteiger partial charge in [0, 0.05) is 11.0 Å². The normalized spacial score (nSPS) is 19.2. The molecule has 3 N–H and O–H groups in total.